The molecule has 1 atom stereocenters. The van der Waals surface area contributed by atoms with Crippen molar-refractivity contribution in [1.29, 1.82) is 0 Å². The van der Waals surface area contributed by atoms with Gasteiger partial charge in [0.2, 0.25) is 6.79 Å². The second kappa shape index (κ2) is 5.48. The van der Waals surface area contributed by atoms with Gasteiger partial charge in [0.15, 0.2) is 11.5 Å². The normalized spacial score (nSPS) is 14.7. The van der Waals surface area contributed by atoms with Crippen molar-refractivity contribution in [3.8, 4) is 11.5 Å². The molecule has 19 heavy (non-hydrogen) atoms. The molecule has 1 unspecified atom stereocenters. The van der Waals surface area contributed by atoms with Crippen LogP contribution in [0.5, 0.6) is 11.5 Å². The van der Waals surface area contributed by atoms with Gasteiger partial charge in [-0.2, -0.15) is 0 Å². The van der Waals surface area contributed by atoms with Gasteiger partial charge in [-0.05, 0) is 57.2 Å². The first kappa shape index (κ1) is 13.7. The number of aliphatic carboxylic acids is 1. The molecule has 5 nitrogen and oxygen atoms in total. The van der Waals surface area contributed by atoms with Gasteiger partial charge in [-0.25, -0.2) is 0 Å². The fourth-order valence-electron chi connectivity index (χ4n) is 2.23. The average molecular weight is 265 g/mol. The molecule has 2 rings (SSSR count). The Balaban J connectivity index is 2.28. The van der Waals surface area contributed by atoms with Gasteiger partial charge in [0.05, 0.1) is 5.92 Å². The lowest BCUT2D eigenvalue weighted by molar-refractivity contribution is -0.139. The van der Waals surface area contributed by atoms with E-state index in [1.807, 2.05) is 32.0 Å². The second-order valence-electron chi connectivity index (χ2n) is 5.04. The lowest BCUT2D eigenvalue weighted by Gasteiger charge is -2.18. The van der Waals surface area contributed by atoms with E-state index in [1.54, 1.807) is 6.07 Å². The van der Waals surface area contributed by atoms with Crippen molar-refractivity contribution in [3.63, 3.8) is 0 Å². The van der Waals surface area contributed by atoms with Crippen LogP contribution in [0.3, 0.4) is 0 Å². The molecule has 0 saturated carbocycles. The first-order chi connectivity index (χ1) is 8.99. The third kappa shape index (κ3) is 2.98. The van der Waals surface area contributed by atoms with E-state index >= 15 is 0 Å². The van der Waals surface area contributed by atoms with Gasteiger partial charge in [0, 0.05) is 0 Å². The Kier molecular flexibility index (Phi) is 3.95. The average Bonchev–Trinajstić information content (AvgIpc) is 2.75. The third-order valence-corrected chi connectivity index (χ3v) is 3.30. The lowest BCUT2D eigenvalue weighted by Crippen LogP contribution is -2.21. The third-order valence-electron chi connectivity index (χ3n) is 3.30. The maximum Gasteiger partial charge on any atom is 0.311 e. The van der Waals surface area contributed by atoms with Gasteiger partial charge in [0.1, 0.15) is 0 Å². The summed E-state index contributed by atoms with van der Waals surface area (Å²) in [5, 5.41) is 9.42. The fraction of sp³-hybridized carbons (Fsp3) is 0.500. The molecule has 1 N–H and O–H groups in total. The van der Waals surface area contributed by atoms with E-state index in [0.29, 0.717) is 17.9 Å². The van der Waals surface area contributed by atoms with E-state index < -0.39 is 11.9 Å². The molecule has 1 aliphatic rings. The SMILES string of the molecule is Cc1cc2c(cc1C(CCN(C)C)C(=O)O)OCO2. The number of hydrogen-bond donors (Lipinski definition) is 1. The van der Waals surface area contributed by atoms with Crippen LogP contribution in [0.1, 0.15) is 23.5 Å². The fourth-order valence-corrected chi connectivity index (χ4v) is 2.23. The molecule has 0 saturated heterocycles. The van der Waals surface area contributed by atoms with Crippen LogP contribution in [-0.2, 0) is 4.79 Å². The van der Waals surface area contributed by atoms with Crippen LogP contribution in [0.15, 0.2) is 12.1 Å². The number of aryl methyl sites for hydroxylation is 1. The number of nitrogens with zero attached hydrogens (tertiary/aromatic N) is 1. The van der Waals surface area contributed by atoms with E-state index in [9.17, 15) is 9.90 Å². The Bertz CT molecular complexity index is 485. The van der Waals surface area contributed by atoms with Crippen LogP contribution in [0.2, 0.25) is 0 Å². The summed E-state index contributed by atoms with van der Waals surface area (Å²) in [6.07, 6.45) is 0.572. The minimum absolute atomic E-state index is 0.202. The van der Waals surface area contributed by atoms with E-state index in [2.05, 4.69) is 0 Å². The number of carboxylic acids is 1. The zero-order valence-corrected chi connectivity index (χ0v) is 11.5. The highest BCUT2D eigenvalue weighted by atomic mass is 16.7. The molecule has 5 heteroatoms. The van der Waals surface area contributed by atoms with Crippen LogP contribution in [-0.4, -0.2) is 43.4 Å². The van der Waals surface area contributed by atoms with Crippen molar-refractivity contribution in [2.24, 2.45) is 0 Å². The first-order valence-corrected chi connectivity index (χ1v) is 6.26. The van der Waals surface area contributed by atoms with Crippen molar-refractivity contribution in [2.75, 3.05) is 27.4 Å². The van der Waals surface area contributed by atoms with E-state index in [4.69, 9.17) is 9.47 Å². The lowest BCUT2D eigenvalue weighted by atomic mass is 9.91. The quantitative estimate of drug-likeness (QED) is 0.880. The van der Waals surface area contributed by atoms with Gasteiger partial charge in [-0.1, -0.05) is 0 Å². The van der Waals surface area contributed by atoms with Gasteiger partial charge in [0.25, 0.3) is 0 Å². The second-order valence-corrected chi connectivity index (χ2v) is 5.04. The van der Waals surface area contributed by atoms with Gasteiger partial charge < -0.3 is 19.5 Å². The summed E-state index contributed by atoms with van der Waals surface area (Å²) < 4.78 is 10.6. The Morgan fingerprint density at radius 2 is 2.00 bits per heavy atom. The smallest absolute Gasteiger partial charge is 0.311 e. The highest BCUT2D eigenvalue weighted by Crippen LogP contribution is 2.37. The highest BCUT2D eigenvalue weighted by Gasteiger charge is 2.25. The summed E-state index contributed by atoms with van der Waals surface area (Å²) in [4.78, 5) is 13.5. The Morgan fingerprint density at radius 1 is 1.37 bits per heavy atom. The molecule has 1 aromatic rings. The monoisotopic (exact) mass is 265 g/mol. The summed E-state index contributed by atoms with van der Waals surface area (Å²) >= 11 is 0. The van der Waals surface area contributed by atoms with Crippen molar-refractivity contribution < 1.29 is 19.4 Å². The summed E-state index contributed by atoms with van der Waals surface area (Å²) in [6, 6.07) is 3.65. The summed E-state index contributed by atoms with van der Waals surface area (Å²) in [5.41, 5.74) is 1.73. The number of benzene rings is 1. The van der Waals surface area contributed by atoms with Crippen LogP contribution in [0.4, 0.5) is 0 Å². The first-order valence-electron chi connectivity index (χ1n) is 6.26. The standard InChI is InChI=1S/C14H19NO4/c1-9-6-12-13(19-8-18-12)7-11(9)10(14(16)17)4-5-15(2)3/h6-7,10H,4-5,8H2,1-3H3,(H,16,17). The predicted octanol–water partition coefficient (Wildman–Crippen LogP) is 1.84. The Hall–Kier alpha value is -1.75. The number of carboxylic acid groups (broad SMARTS) is 1. The van der Waals surface area contributed by atoms with Crippen LogP contribution >= 0.6 is 0 Å². The molecule has 0 bridgehead atoms. The molecular weight excluding hydrogens is 246 g/mol. The molecule has 0 spiro atoms. The van der Waals surface area contributed by atoms with E-state index in [1.165, 1.54) is 0 Å². The molecular formula is C14H19NO4. The minimum Gasteiger partial charge on any atom is -0.481 e. The topological polar surface area (TPSA) is 59.0 Å². The van der Waals surface area contributed by atoms with Gasteiger partial charge in [-0.15, -0.1) is 0 Å². The van der Waals surface area contributed by atoms with Gasteiger partial charge in [-0.3, -0.25) is 4.79 Å². The molecule has 1 aliphatic heterocycles. The molecule has 0 aliphatic carbocycles. The Morgan fingerprint density at radius 3 is 2.58 bits per heavy atom. The maximum absolute atomic E-state index is 11.5. The maximum atomic E-state index is 11.5. The number of hydrogen-bond acceptors (Lipinski definition) is 4. The summed E-state index contributed by atoms with van der Waals surface area (Å²) in [6.45, 7) is 2.83. The Labute approximate surface area is 112 Å². The summed E-state index contributed by atoms with van der Waals surface area (Å²) in [5.74, 6) is 0.00965. The van der Waals surface area contributed by atoms with Crippen LogP contribution in [0, 0.1) is 6.92 Å². The van der Waals surface area contributed by atoms with Crippen molar-refractivity contribution >= 4 is 5.97 Å². The largest absolute Gasteiger partial charge is 0.481 e. The van der Waals surface area contributed by atoms with Crippen molar-refractivity contribution in [2.45, 2.75) is 19.3 Å². The zero-order valence-electron chi connectivity index (χ0n) is 11.5. The zero-order chi connectivity index (χ0) is 14.0. The molecule has 0 amide bonds. The van der Waals surface area contributed by atoms with Crippen LogP contribution < -0.4 is 9.47 Å². The molecule has 0 radical (unpaired) electrons. The molecule has 1 aromatic carbocycles. The number of rotatable bonds is 5. The van der Waals surface area contributed by atoms with Crippen molar-refractivity contribution in [3.05, 3.63) is 23.3 Å². The van der Waals surface area contributed by atoms with E-state index in [-0.39, 0.29) is 6.79 Å². The number of ether oxygens (including phenoxy) is 2. The number of fused-ring (bicyclic) bond motifs is 1. The van der Waals surface area contributed by atoms with Crippen LogP contribution in [0.25, 0.3) is 0 Å². The molecule has 104 valence electrons. The minimum atomic E-state index is -0.802. The summed E-state index contributed by atoms with van der Waals surface area (Å²) in [7, 11) is 3.87. The molecule has 0 aromatic heterocycles. The number of carbonyl (C=O) groups is 1. The molecule has 1 heterocycles. The highest BCUT2D eigenvalue weighted by molar-refractivity contribution is 5.77. The van der Waals surface area contributed by atoms with E-state index in [0.717, 1.165) is 17.7 Å². The predicted molar refractivity (Wildman–Crippen MR) is 70.8 cm³/mol. The molecule has 0 fully saturated rings. The van der Waals surface area contributed by atoms with Gasteiger partial charge >= 0.3 is 5.97 Å². The van der Waals surface area contributed by atoms with Crippen molar-refractivity contribution in [1.82, 2.24) is 4.90 Å².